The highest BCUT2D eigenvalue weighted by molar-refractivity contribution is 5.87. The SMILES string of the molecule is CC(C)(C)OC(=O)N[C@H](C(=O)N[C@H](CO)c1ccccc1)c1ccccc1. The van der Waals surface area contributed by atoms with Crippen molar-refractivity contribution in [2.24, 2.45) is 0 Å². The highest BCUT2D eigenvalue weighted by atomic mass is 16.6. The van der Waals surface area contributed by atoms with Gasteiger partial charge in [-0.15, -0.1) is 0 Å². The van der Waals surface area contributed by atoms with Crippen molar-refractivity contribution >= 4 is 12.0 Å². The van der Waals surface area contributed by atoms with Crippen molar-refractivity contribution in [1.82, 2.24) is 10.6 Å². The molecule has 0 spiro atoms. The first-order valence-corrected chi connectivity index (χ1v) is 8.81. The van der Waals surface area contributed by atoms with Gasteiger partial charge in [-0.3, -0.25) is 4.79 Å². The predicted molar refractivity (Wildman–Crippen MR) is 103 cm³/mol. The van der Waals surface area contributed by atoms with Gasteiger partial charge in [0.15, 0.2) is 0 Å². The van der Waals surface area contributed by atoms with Gasteiger partial charge in [-0.05, 0) is 31.9 Å². The lowest BCUT2D eigenvalue weighted by Gasteiger charge is -2.25. The standard InChI is InChI=1S/C21H26N2O4/c1-21(2,3)27-20(26)23-18(16-12-8-5-9-13-16)19(25)22-17(14-24)15-10-6-4-7-11-15/h4-13,17-18,24H,14H2,1-3H3,(H,22,25)(H,23,26)/t17-,18+/m1/s1. The number of hydrogen-bond acceptors (Lipinski definition) is 4. The lowest BCUT2D eigenvalue weighted by atomic mass is 10.0. The van der Waals surface area contributed by atoms with E-state index in [0.29, 0.717) is 5.56 Å². The Labute approximate surface area is 159 Å². The molecule has 0 saturated carbocycles. The molecule has 2 aromatic carbocycles. The van der Waals surface area contributed by atoms with Crippen LogP contribution in [0.15, 0.2) is 60.7 Å². The summed E-state index contributed by atoms with van der Waals surface area (Å²) in [5, 5.41) is 15.1. The van der Waals surface area contributed by atoms with Crippen LogP contribution in [0.25, 0.3) is 0 Å². The van der Waals surface area contributed by atoms with Crippen molar-refractivity contribution in [2.45, 2.75) is 38.5 Å². The maximum absolute atomic E-state index is 12.9. The monoisotopic (exact) mass is 370 g/mol. The maximum Gasteiger partial charge on any atom is 0.408 e. The lowest BCUT2D eigenvalue weighted by Crippen LogP contribution is -2.44. The second-order valence-corrected chi connectivity index (χ2v) is 7.14. The van der Waals surface area contributed by atoms with Gasteiger partial charge in [0.25, 0.3) is 0 Å². The Bertz CT molecular complexity index is 742. The molecule has 0 heterocycles. The number of hydrogen-bond donors (Lipinski definition) is 3. The van der Waals surface area contributed by atoms with Gasteiger partial charge in [-0.1, -0.05) is 60.7 Å². The fraction of sp³-hybridized carbons (Fsp3) is 0.333. The third-order valence-electron chi connectivity index (χ3n) is 3.76. The molecule has 2 aromatic rings. The van der Waals surface area contributed by atoms with E-state index in [2.05, 4.69) is 10.6 Å². The molecule has 27 heavy (non-hydrogen) atoms. The van der Waals surface area contributed by atoms with Crippen molar-refractivity contribution in [2.75, 3.05) is 6.61 Å². The van der Waals surface area contributed by atoms with Crippen LogP contribution in [-0.4, -0.2) is 29.3 Å². The van der Waals surface area contributed by atoms with Gasteiger partial charge in [0.05, 0.1) is 12.6 Å². The highest BCUT2D eigenvalue weighted by Crippen LogP contribution is 2.18. The summed E-state index contributed by atoms with van der Waals surface area (Å²) in [5.41, 5.74) is 0.711. The molecule has 3 N–H and O–H groups in total. The van der Waals surface area contributed by atoms with Crippen LogP contribution in [0, 0.1) is 0 Å². The van der Waals surface area contributed by atoms with Gasteiger partial charge in [-0.2, -0.15) is 0 Å². The molecule has 0 fully saturated rings. The number of ether oxygens (including phenoxy) is 1. The second kappa shape index (κ2) is 9.19. The largest absolute Gasteiger partial charge is 0.444 e. The third-order valence-corrected chi connectivity index (χ3v) is 3.76. The van der Waals surface area contributed by atoms with Crippen LogP contribution in [-0.2, 0) is 9.53 Å². The molecule has 6 heteroatoms. The maximum atomic E-state index is 12.9. The molecule has 0 aromatic heterocycles. The predicted octanol–water partition coefficient (Wildman–Crippen LogP) is 3.10. The lowest BCUT2D eigenvalue weighted by molar-refractivity contribution is -0.124. The van der Waals surface area contributed by atoms with E-state index in [1.54, 1.807) is 45.0 Å². The van der Waals surface area contributed by atoms with E-state index >= 15 is 0 Å². The molecule has 0 radical (unpaired) electrons. The fourth-order valence-electron chi connectivity index (χ4n) is 2.55. The third kappa shape index (κ3) is 6.42. The van der Waals surface area contributed by atoms with Crippen LogP contribution in [0.5, 0.6) is 0 Å². The van der Waals surface area contributed by atoms with Gasteiger partial charge < -0.3 is 20.5 Å². The molecule has 0 saturated heterocycles. The van der Waals surface area contributed by atoms with Gasteiger partial charge in [-0.25, -0.2) is 4.79 Å². The number of aliphatic hydroxyl groups excluding tert-OH is 1. The summed E-state index contributed by atoms with van der Waals surface area (Å²) < 4.78 is 5.28. The number of aliphatic hydroxyl groups is 1. The van der Waals surface area contributed by atoms with Gasteiger partial charge >= 0.3 is 6.09 Å². The first-order chi connectivity index (χ1) is 12.8. The van der Waals surface area contributed by atoms with Crippen molar-refractivity contribution < 1.29 is 19.4 Å². The van der Waals surface area contributed by atoms with Crippen LogP contribution in [0.2, 0.25) is 0 Å². The van der Waals surface area contributed by atoms with E-state index in [0.717, 1.165) is 5.56 Å². The number of carbonyl (C=O) groups is 2. The number of alkyl carbamates (subject to hydrolysis) is 1. The molecule has 2 rings (SSSR count). The average molecular weight is 370 g/mol. The average Bonchev–Trinajstić information content (AvgIpc) is 2.64. The Morgan fingerprint density at radius 1 is 0.926 bits per heavy atom. The van der Waals surface area contributed by atoms with E-state index in [9.17, 15) is 14.7 Å². The Hall–Kier alpha value is -2.86. The van der Waals surface area contributed by atoms with Crippen LogP contribution in [0.3, 0.4) is 0 Å². The minimum Gasteiger partial charge on any atom is -0.444 e. The molecule has 0 aliphatic rings. The van der Waals surface area contributed by atoms with Crippen molar-refractivity contribution in [3.05, 3.63) is 71.8 Å². The van der Waals surface area contributed by atoms with Crippen LogP contribution >= 0.6 is 0 Å². The molecular formula is C21H26N2O4. The smallest absolute Gasteiger partial charge is 0.408 e. The van der Waals surface area contributed by atoms with Crippen LogP contribution in [0.4, 0.5) is 4.79 Å². The molecule has 0 unspecified atom stereocenters. The molecule has 0 bridgehead atoms. The van der Waals surface area contributed by atoms with Crippen molar-refractivity contribution in [1.29, 1.82) is 0 Å². The Kier molecular flexibility index (Phi) is 6.96. The zero-order valence-electron chi connectivity index (χ0n) is 15.8. The van der Waals surface area contributed by atoms with Gasteiger partial charge in [0.1, 0.15) is 11.6 Å². The first-order valence-electron chi connectivity index (χ1n) is 8.81. The van der Waals surface area contributed by atoms with E-state index in [1.807, 2.05) is 36.4 Å². The molecular weight excluding hydrogens is 344 g/mol. The summed E-state index contributed by atoms with van der Waals surface area (Å²) >= 11 is 0. The molecule has 0 aliphatic carbocycles. The normalized spacial score (nSPS) is 13.3. The quantitative estimate of drug-likeness (QED) is 0.729. The minimum absolute atomic E-state index is 0.260. The summed E-state index contributed by atoms with van der Waals surface area (Å²) in [6, 6.07) is 16.5. The molecule has 2 atom stereocenters. The highest BCUT2D eigenvalue weighted by Gasteiger charge is 2.27. The molecule has 0 aliphatic heterocycles. The van der Waals surface area contributed by atoms with Crippen molar-refractivity contribution in [3.63, 3.8) is 0 Å². The topological polar surface area (TPSA) is 87.7 Å². The summed E-state index contributed by atoms with van der Waals surface area (Å²) in [6.45, 7) is 4.99. The Morgan fingerprint density at radius 3 is 1.93 bits per heavy atom. The summed E-state index contributed by atoms with van der Waals surface area (Å²) in [4.78, 5) is 25.1. The van der Waals surface area contributed by atoms with E-state index in [4.69, 9.17) is 4.74 Å². The van der Waals surface area contributed by atoms with E-state index in [1.165, 1.54) is 0 Å². The molecule has 6 nitrogen and oxygen atoms in total. The fourth-order valence-corrected chi connectivity index (χ4v) is 2.55. The van der Waals surface area contributed by atoms with Crippen LogP contribution in [0.1, 0.15) is 44.0 Å². The Balaban J connectivity index is 2.19. The number of amides is 2. The number of rotatable bonds is 6. The summed E-state index contributed by atoms with van der Waals surface area (Å²) in [6.07, 6.45) is -0.688. The number of carbonyl (C=O) groups excluding carboxylic acids is 2. The van der Waals surface area contributed by atoms with E-state index in [-0.39, 0.29) is 6.61 Å². The second-order valence-electron chi connectivity index (χ2n) is 7.14. The molecule has 144 valence electrons. The number of nitrogens with one attached hydrogen (secondary N) is 2. The zero-order valence-corrected chi connectivity index (χ0v) is 15.8. The van der Waals surface area contributed by atoms with Crippen LogP contribution < -0.4 is 10.6 Å². The van der Waals surface area contributed by atoms with E-state index < -0.39 is 29.7 Å². The molecule has 2 amide bonds. The zero-order chi connectivity index (χ0) is 19.9. The number of benzene rings is 2. The van der Waals surface area contributed by atoms with Gasteiger partial charge in [0.2, 0.25) is 5.91 Å². The summed E-state index contributed by atoms with van der Waals surface area (Å²) in [5.74, 6) is -0.435. The van der Waals surface area contributed by atoms with Gasteiger partial charge in [0, 0.05) is 0 Å². The Morgan fingerprint density at radius 2 is 1.44 bits per heavy atom. The minimum atomic E-state index is -0.946. The van der Waals surface area contributed by atoms with Crippen molar-refractivity contribution in [3.8, 4) is 0 Å². The summed E-state index contributed by atoms with van der Waals surface area (Å²) in [7, 11) is 0. The first kappa shape index (κ1) is 20.5.